The first kappa shape index (κ1) is 10.6. The summed E-state index contributed by atoms with van der Waals surface area (Å²) in [5.41, 5.74) is 1.33. The van der Waals surface area contributed by atoms with Crippen LogP contribution in [-0.2, 0) is 6.42 Å². The second-order valence-electron chi connectivity index (χ2n) is 3.03. The van der Waals surface area contributed by atoms with Crippen LogP contribution in [0.1, 0.15) is 5.56 Å². The van der Waals surface area contributed by atoms with E-state index in [2.05, 4.69) is 54.9 Å². The van der Waals surface area contributed by atoms with Gasteiger partial charge in [-0.3, -0.25) is 0 Å². The summed E-state index contributed by atoms with van der Waals surface area (Å²) in [5, 5.41) is 4.09. The zero-order valence-electron chi connectivity index (χ0n) is 7.98. The first-order valence-corrected chi connectivity index (χ1v) is 6.18. The molecule has 0 aliphatic rings. The van der Waals surface area contributed by atoms with Gasteiger partial charge in [-0.05, 0) is 27.9 Å². The van der Waals surface area contributed by atoms with Gasteiger partial charge in [-0.2, -0.15) is 9.36 Å². The topological polar surface area (TPSA) is 37.8 Å². The Morgan fingerprint density at radius 1 is 1.27 bits per heavy atom. The maximum absolute atomic E-state index is 4.15. The fourth-order valence-electron chi connectivity index (χ4n) is 1.24. The fourth-order valence-corrected chi connectivity index (χ4v) is 2.24. The van der Waals surface area contributed by atoms with Gasteiger partial charge in [0.15, 0.2) is 0 Å². The Bertz CT molecular complexity index is 416. The van der Waals surface area contributed by atoms with Crippen molar-refractivity contribution in [2.45, 2.75) is 6.42 Å². The lowest BCUT2D eigenvalue weighted by Gasteiger charge is -2.01. The Hall–Kier alpha value is -0.940. The second kappa shape index (κ2) is 5.23. The monoisotopic (exact) mass is 283 g/mol. The van der Waals surface area contributed by atoms with Crippen LogP contribution in [0.5, 0.6) is 0 Å². The molecule has 1 aromatic heterocycles. The molecule has 0 saturated heterocycles. The van der Waals surface area contributed by atoms with Gasteiger partial charge >= 0.3 is 0 Å². The zero-order valence-corrected chi connectivity index (χ0v) is 10.4. The van der Waals surface area contributed by atoms with E-state index in [1.807, 2.05) is 6.07 Å². The largest absolute Gasteiger partial charge is 0.360 e. The molecule has 3 nitrogen and oxygen atoms in total. The second-order valence-corrected chi connectivity index (χ2v) is 4.49. The summed E-state index contributed by atoms with van der Waals surface area (Å²) in [7, 11) is 0. The molecule has 5 heteroatoms. The Kier molecular flexibility index (Phi) is 3.69. The van der Waals surface area contributed by atoms with E-state index in [4.69, 9.17) is 0 Å². The predicted molar refractivity (Wildman–Crippen MR) is 66.2 cm³/mol. The van der Waals surface area contributed by atoms with Crippen LogP contribution in [0.15, 0.2) is 35.1 Å². The first-order chi connectivity index (χ1) is 7.34. The van der Waals surface area contributed by atoms with Gasteiger partial charge in [0, 0.05) is 18.1 Å². The fraction of sp³-hybridized carbons (Fsp3) is 0.200. The minimum Gasteiger partial charge on any atom is -0.360 e. The van der Waals surface area contributed by atoms with Crippen molar-refractivity contribution in [3.05, 3.63) is 40.6 Å². The number of anilines is 1. The highest BCUT2D eigenvalue weighted by molar-refractivity contribution is 9.10. The van der Waals surface area contributed by atoms with Gasteiger partial charge in [0.05, 0.1) is 0 Å². The molecule has 2 aromatic rings. The van der Waals surface area contributed by atoms with Crippen molar-refractivity contribution < 1.29 is 0 Å². The van der Waals surface area contributed by atoms with Gasteiger partial charge in [0.25, 0.3) is 0 Å². The molecule has 1 aromatic carbocycles. The molecular formula is C10H10BrN3S. The Balaban J connectivity index is 1.80. The standard InChI is InChI=1S/C10H10BrN3S/c11-9-13-10(15-14-9)12-7-6-8-4-2-1-3-5-8/h1-5H,6-7H2,(H,12,13,14). The van der Waals surface area contributed by atoms with Crippen LogP contribution < -0.4 is 5.32 Å². The van der Waals surface area contributed by atoms with E-state index in [9.17, 15) is 0 Å². The minimum atomic E-state index is 0.648. The van der Waals surface area contributed by atoms with E-state index >= 15 is 0 Å². The van der Waals surface area contributed by atoms with Crippen molar-refractivity contribution in [1.29, 1.82) is 0 Å². The van der Waals surface area contributed by atoms with Gasteiger partial charge in [0.2, 0.25) is 9.87 Å². The number of benzene rings is 1. The van der Waals surface area contributed by atoms with E-state index in [0.717, 1.165) is 18.1 Å². The SMILES string of the molecule is Brc1nsc(NCCc2ccccc2)n1. The number of nitrogens with one attached hydrogen (secondary N) is 1. The molecule has 0 radical (unpaired) electrons. The average molecular weight is 284 g/mol. The third-order valence-corrected chi connectivity index (χ3v) is 3.20. The third kappa shape index (κ3) is 3.28. The molecule has 0 atom stereocenters. The lowest BCUT2D eigenvalue weighted by molar-refractivity contribution is 1.01. The van der Waals surface area contributed by atoms with Crippen molar-refractivity contribution in [2.24, 2.45) is 0 Å². The summed E-state index contributed by atoms with van der Waals surface area (Å²) in [4.78, 5) is 4.15. The maximum atomic E-state index is 4.15. The molecule has 78 valence electrons. The molecule has 0 amide bonds. The van der Waals surface area contributed by atoms with E-state index in [1.54, 1.807) is 0 Å². The summed E-state index contributed by atoms with van der Waals surface area (Å²) in [5.74, 6) is 0. The third-order valence-electron chi connectivity index (χ3n) is 1.93. The molecule has 0 spiro atoms. The Morgan fingerprint density at radius 2 is 2.07 bits per heavy atom. The van der Waals surface area contributed by atoms with E-state index in [0.29, 0.717) is 4.73 Å². The summed E-state index contributed by atoms with van der Waals surface area (Å²) < 4.78 is 4.67. The zero-order chi connectivity index (χ0) is 10.5. The molecule has 1 heterocycles. The molecular weight excluding hydrogens is 274 g/mol. The summed E-state index contributed by atoms with van der Waals surface area (Å²) in [6.45, 7) is 0.881. The number of hydrogen-bond acceptors (Lipinski definition) is 4. The molecule has 0 aliphatic heterocycles. The van der Waals surface area contributed by atoms with Gasteiger partial charge in [-0.1, -0.05) is 30.3 Å². The number of hydrogen-bond donors (Lipinski definition) is 1. The summed E-state index contributed by atoms with van der Waals surface area (Å²) in [6.07, 6.45) is 0.998. The quantitative estimate of drug-likeness (QED) is 0.938. The summed E-state index contributed by atoms with van der Waals surface area (Å²) >= 11 is 4.58. The molecule has 0 bridgehead atoms. The predicted octanol–water partition coefficient (Wildman–Crippen LogP) is 2.96. The number of aromatic nitrogens is 2. The molecule has 15 heavy (non-hydrogen) atoms. The van der Waals surface area contributed by atoms with Crippen LogP contribution in [0.2, 0.25) is 0 Å². The van der Waals surface area contributed by atoms with Crippen molar-refractivity contribution in [3.63, 3.8) is 0 Å². The highest BCUT2D eigenvalue weighted by Crippen LogP contribution is 2.14. The minimum absolute atomic E-state index is 0.648. The maximum Gasteiger partial charge on any atom is 0.210 e. The highest BCUT2D eigenvalue weighted by Gasteiger charge is 1.99. The van der Waals surface area contributed by atoms with E-state index in [-0.39, 0.29) is 0 Å². The van der Waals surface area contributed by atoms with Crippen molar-refractivity contribution >= 4 is 32.6 Å². The van der Waals surface area contributed by atoms with Crippen LogP contribution >= 0.6 is 27.5 Å². The van der Waals surface area contributed by atoms with Crippen molar-refractivity contribution in [1.82, 2.24) is 9.36 Å². The Morgan fingerprint density at radius 3 is 2.73 bits per heavy atom. The first-order valence-electron chi connectivity index (χ1n) is 4.61. The molecule has 2 rings (SSSR count). The van der Waals surface area contributed by atoms with Gasteiger partial charge in [-0.25, -0.2) is 0 Å². The molecule has 0 fully saturated rings. The van der Waals surface area contributed by atoms with E-state index < -0.39 is 0 Å². The normalized spacial score (nSPS) is 10.2. The number of nitrogens with zero attached hydrogens (tertiary/aromatic N) is 2. The summed E-state index contributed by atoms with van der Waals surface area (Å²) in [6, 6.07) is 10.4. The molecule has 0 aliphatic carbocycles. The van der Waals surface area contributed by atoms with E-state index in [1.165, 1.54) is 17.1 Å². The molecule has 0 saturated carbocycles. The number of rotatable bonds is 4. The van der Waals surface area contributed by atoms with Crippen LogP contribution in [0, 0.1) is 0 Å². The number of halogens is 1. The smallest absolute Gasteiger partial charge is 0.210 e. The average Bonchev–Trinajstić information content (AvgIpc) is 2.66. The molecule has 0 unspecified atom stereocenters. The lowest BCUT2D eigenvalue weighted by atomic mass is 10.2. The van der Waals surface area contributed by atoms with Crippen molar-refractivity contribution in [2.75, 3.05) is 11.9 Å². The lowest BCUT2D eigenvalue weighted by Crippen LogP contribution is -2.04. The Labute approximate surface area is 101 Å². The van der Waals surface area contributed by atoms with Crippen LogP contribution in [0.3, 0.4) is 0 Å². The van der Waals surface area contributed by atoms with Gasteiger partial charge < -0.3 is 5.32 Å². The van der Waals surface area contributed by atoms with Crippen LogP contribution in [0.25, 0.3) is 0 Å². The van der Waals surface area contributed by atoms with Gasteiger partial charge in [0.1, 0.15) is 0 Å². The van der Waals surface area contributed by atoms with Gasteiger partial charge in [-0.15, -0.1) is 0 Å². The highest BCUT2D eigenvalue weighted by atomic mass is 79.9. The van der Waals surface area contributed by atoms with Crippen LogP contribution in [0.4, 0.5) is 5.13 Å². The molecule has 1 N–H and O–H groups in total. The van der Waals surface area contributed by atoms with Crippen molar-refractivity contribution in [3.8, 4) is 0 Å². The van der Waals surface area contributed by atoms with Crippen LogP contribution in [-0.4, -0.2) is 15.9 Å².